The maximum absolute atomic E-state index is 15.6. The van der Waals surface area contributed by atoms with Gasteiger partial charge in [-0.25, -0.2) is 13.6 Å². The fraction of sp³-hybridized carbons (Fsp3) is 0.379. The number of hydrogen-bond acceptors (Lipinski definition) is 8. The second-order valence-corrected chi connectivity index (χ2v) is 10.1. The first kappa shape index (κ1) is 29.0. The molecule has 222 valence electrons. The minimum absolute atomic E-state index is 0.0658. The maximum Gasteiger partial charge on any atom is 0.329 e. The quantitative estimate of drug-likeness (QED) is 0.339. The first-order valence-electron chi connectivity index (χ1n) is 13.5. The van der Waals surface area contributed by atoms with Crippen LogP contribution in [0.5, 0.6) is 11.5 Å². The lowest BCUT2D eigenvalue weighted by Gasteiger charge is -2.37. The zero-order valence-electron chi connectivity index (χ0n) is 23.9. The Hall–Kier alpha value is -4.52. The second-order valence-electron chi connectivity index (χ2n) is 10.1. The minimum atomic E-state index is -1.03. The van der Waals surface area contributed by atoms with Gasteiger partial charge in [0.05, 0.1) is 57.5 Å². The average Bonchev–Trinajstić information content (AvgIpc) is 3.66. The van der Waals surface area contributed by atoms with Gasteiger partial charge in [-0.3, -0.25) is 19.5 Å². The largest absolute Gasteiger partial charge is 0.493 e. The fourth-order valence-corrected chi connectivity index (χ4v) is 5.20. The Balaban J connectivity index is 1.58. The summed E-state index contributed by atoms with van der Waals surface area (Å²) < 4.78 is 48.8. The van der Waals surface area contributed by atoms with Crippen molar-refractivity contribution in [2.75, 3.05) is 37.7 Å². The van der Waals surface area contributed by atoms with E-state index in [2.05, 4.69) is 15.4 Å². The Labute approximate surface area is 242 Å². The third-order valence-corrected chi connectivity index (χ3v) is 7.27. The Morgan fingerprint density at radius 3 is 2.57 bits per heavy atom. The van der Waals surface area contributed by atoms with Gasteiger partial charge in [0.15, 0.2) is 23.1 Å². The molecule has 2 aromatic heterocycles. The van der Waals surface area contributed by atoms with Crippen molar-refractivity contribution in [1.29, 1.82) is 5.41 Å². The molecule has 2 N–H and O–H groups in total. The Morgan fingerprint density at radius 2 is 1.95 bits per heavy atom. The van der Waals surface area contributed by atoms with Crippen molar-refractivity contribution in [1.82, 2.24) is 20.1 Å². The lowest BCUT2D eigenvalue weighted by Crippen LogP contribution is -2.47. The summed E-state index contributed by atoms with van der Waals surface area (Å²) >= 11 is 0. The van der Waals surface area contributed by atoms with Crippen LogP contribution in [-0.4, -0.2) is 60.5 Å². The first-order valence-corrected chi connectivity index (χ1v) is 13.5. The fourth-order valence-electron chi connectivity index (χ4n) is 5.20. The molecule has 13 heteroatoms. The van der Waals surface area contributed by atoms with Crippen LogP contribution >= 0.6 is 0 Å². The molecule has 1 saturated heterocycles. The number of rotatable bonds is 10. The van der Waals surface area contributed by atoms with Crippen LogP contribution in [0.1, 0.15) is 36.6 Å². The second kappa shape index (κ2) is 12.1. The van der Waals surface area contributed by atoms with Crippen molar-refractivity contribution in [3.05, 3.63) is 65.4 Å². The molecule has 11 nitrogen and oxygen atoms in total. The summed E-state index contributed by atoms with van der Waals surface area (Å²) in [5.74, 6) is -2.58. The molecule has 1 unspecified atom stereocenters. The van der Waals surface area contributed by atoms with Crippen molar-refractivity contribution in [2.45, 2.75) is 45.5 Å². The van der Waals surface area contributed by atoms with E-state index in [-0.39, 0.29) is 36.4 Å². The highest BCUT2D eigenvalue weighted by molar-refractivity contribution is 6.20. The van der Waals surface area contributed by atoms with E-state index in [1.54, 1.807) is 43.3 Å². The molecule has 4 heterocycles. The minimum Gasteiger partial charge on any atom is -0.493 e. The SMILES string of the molecule is CN/C=C(\C(C)=N)c1cc2c(cn1)CN(c1c(F)c(OC)cc(OC)c1F)C(=O)N2Cc1cnn(CC2CCCO2)c1. The third-order valence-electron chi connectivity index (χ3n) is 7.27. The summed E-state index contributed by atoms with van der Waals surface area (Å²) in [7, 11) is 4.22. The Kier molecular flexibility index (Phi) is 8.39. The van der Waals surface area contributed by atoms with Gasteiger partial charge in [0.25, 0.3) is 0 Å². The molecule has 3 aromatic rings. The predicted octanol–water partition coefficient (Wildman–Crippen LogP) is 4.50. The summed E-state index contributed by atoms with van der Waals surface area (Å²) in [5, 5.41) is 15.6. The van der Waals surface area contributed by atoms with Gasteiger partial charge in [-0.05, 0) is 25.8 Å². The van der Waals surface area contributed by atoms with Crippen LogP contribution in [0.15, 0.2) is 36.9 Å². The van der Waals surface area contributed by atoms with Crippen LogP contribution in [0.25, 0.3) is 5.57 Å². The molecule has 1 fully saturated rings. The summed E-state index contributed by atoms with van der Waals surface area (Å²) in [6.45, 7) is 2.86. The molecule has 5 rings (SSSR count). The van der Waals surface area contributed by atoms with Crippen molar-refractivity contribution in [3.63, 3.8) is 0 Å². The average molecular weight is 582 g/mol. The van der Waals surface area contributed by atoms with Gasteiger partial charge in [-0.2, -0.15) is 5.10 Å². The molecule has 2 aliphatic heterocycles. The zero-order chi connectivity index (χ0) is 30.0. The lowest BCUT2D eigenvalue weighted by atomic mass is 10.0. The molecule has 2 amide bonds. The number of anilines is 2. The van der Waals surface area contributed by atoms with E-state index in [4.69, 9.17) is 19.6 Å². The summed E-state index contributed by atoms with van der Waals surface area (Å²) in [6, 6.07) is 2.15. The third kappa shape index (κ3) is 5.51. The number of hydrogen-bond donors (Lipinski definition) is 2. The molecule has 0 spiro atoms. The number of nitrogens with one attached hydrogen (secondary N) is 2. The van der Waals surface area contributed by atoms with Crippen LogP contribution in [-0.2, 0) is 24.4 Å². The van der Waals surface area contributed by atoms with Crippen LogP contribution in [0.2, 0.25) is 0 Å². The number of amides is 2. The molecule has 2 aliphatic rings. The molecule has 0 radical (unpaired) electrons. The van der Waals surface area contributed by atoms with Gasteiger partial charge >= 0.3 is 6.03 Å². The van der Waals surface area contributed by atoms with E-state index in [0.29, 0.717) is 34.6 Å². The number of benzene rings is 1. The van der Waals surface area contributed by atoms with E-state index >= 15 is 8.78 Å². The van der Waals surface area contributed by atoms with E-state index < -0.39 is 23.4 Å². The summed E-state index contributed by atoms with van der Waals surface area (Å²) in [6.07, 6.45) is 8.74. The van der Waals surface area contributed by atoms with Gasteiger partial charge in [0.1, 0.15) is 5.69 Å². The summed E-state index contributed by atoms with van der Waals surface area (Å²) in [5.41, 5.74) is 2.46. The highest BCUT2D eigenvalue weighted by Gasteiger charge is 2.37. The molecule has 0 saturated carbocycles. The molecule has 0 bridgehead atoms. The number of fused-ring (bicyclic) bond motifs is 1. The van der Waals surface area contributed by atoms with E-state index in [9.17, 15) is 4.79 Å². The Bertz CT molecular complexity index is 1510. The van der Waals surface area contributed by atoms with E-state index in [1.165, 1.54) is 19.1 Å². The highest BCUT2D eigenvalue weighted by atomic mass is 19.1. The van der Waals surface area contributed by atoms with Gasteiger partial charge < -0.3 is 24.9 Å². The number of carbonyl (C=O) groups is 1. The predicted molar refractivity (Wildman–Crippen MR) is 153 cm³/mol. The number of ether oxygens (including phenoxy) is 3. The number of pyridine rings is 1. The van der Waals surface area contributed by atoms with Crippen LogP contribution in [0.4, 0.5) is 25.0 Å². The van der Waals surface area contributed by atoms with Gasteiger partial charge in [-0.1, -0.05) is 0 Å². The maximum atomic E-state index is 15.6. The lowest BCUT2D eigenvalue weighted by molar-refractivity contribution is 0.0940. The standard InChI is InChI=1S/C29H33F2N7O4/c1-17(32)21(12-33-2)22-8-23-19(11-34-22)15-38(28-26(30)24(40-3)9-25(41-4)27(28)31)29(39)37(23)14-18-10-35-36(13-18)16-20-6-5-7-42-20/h8-13,20,32-33H,5-7,14-16H2,1-4H3/b21-12+,32-17?. The number of urea groups is 1. The number of carbonyl (C=O) groups excluding carboxylic acids is 1. The van der Waals surface area contributed by atoms with Crippen LogP contribution < -0.4 is 24.6 Å². The monoisotopic (exact) mass is 581 g/mol. The van der Waals surface area contributed by atoms with Crippen molar-refractivity contribution in [3.8, 4) is 11.5 Å². The summed E-state index contributed by atoms with van der Waals surface area (Å²) in [4.78, 5) is 21.1. The van der Waals surface area contributed by atoms with Crippen molar-refractivity contribution in [2.24, 2.45) is 0 Å². The smallest absolute Gasteiger partial charge is 0.329 e. The molecule has 42 heavy (non-hydrogen) atoms. The normalized spacial score (nSPS) is 17.0. The molecule has 1 atom stereocenters. The number of allylic oxidation sites excluding steroid dienone is 1. The van der Waals surface area contributed by atoms with Crippen molar-refractivity contribution < 1.29 is 27.8 Å². The van der Waals surface area contributed by atoms with E-state index in [1.807, 2.05) is 6.20 Å². The Morgan fingerprint density at radius 1 is 1.21 bits per heavy atom. The van der Waals surface area contributed by atoms with Gasteiger partial charge in [-0.15, -0.1) is 0 Å². The molecular formula is C29H33F2N7O4. The van der Waals surface area contributed by atoms with Crippen molar-refractivity contribution >= 4 is 28.7 Å². The van der Waals surface area contributed by atoms with Gasteiger partial charge in [0.2, 0.25) is 0 Å². The van der Waals surface area contributed by atoms with Crippen LogP contribution in [0, 0.1) is 17.0 Å². The van der Waals surface area contributed by atoms with E-state index in [0.717, 1.165) is 30.4 Å². The first-order chi connectivity index (χ1) is 20.2. The molecule has 1 aromatic carbocycles. The van der Waals surface area contributed by atoms with Gasteiger partial charge in [0, 0.05) is 60.7 Å². The number of halogens is 2. The highest BCUT2D eigenvalue weighted by Crippen LogP contribution is 2.41. The number of aromatic nitrogens is 3. The van der Waals surface area contributed by atoms with Crippen LogP contribution in [0.3, 0.4) is 0 Å². The topological polar surface area (TPSA) is 118 Å². The molecule has 0 aliphatic carbocycles. The number of methoxy groups -OCH3 is 2. The number of nitrogens with zero attached hydrogens (tertiary/aromatic N) is 5. The molecular weight excluding hydrogens is 548 g/mol. The zero-order valence-corrected chi connectivity index (χ0v) is 23.9.